The monoisotopic (exact) mass is 294 g/mol. The summed E-state index contributed by atoms with van der Waals surface area (Å²) >= 11 is 0. The second-order valence-corrected chi connectivity index (χ2v) is 6.02. The summed E-state index contributed by atoms with van der Waals surface area (Å²) in [4.78, 5) is 10.5. The number of allylic oxidation sites excluding steroid dienone is 4. The Morgan fingerprint density at radius 2 is 1.57 bits per heavy atom. The maximum absolute atomic E-state index is 10.5. The number of hydrogen-bond acceptors (Lipinski definition) is 1. The number of carboxylic acids is 1. The summed E-state index contributed by atoms with van der Waals surface area (Å²) in [5.74, 6) is -0.357. The third kappa shape index (κ3) is 16.9. The van der Waals surface area contributed by atoms with E-state index < -0.39 is 5.97 Å². The molecule has 0 aliphatic carbocycles. The summed E-state index contributed by atoms with van der Waals surface area (Å²) < 4.78 is 0. The molecule has 21 heavy (non-hydrogen) atoms. The van der Waals surface area contributed by atoms with Gasteiger partial charge in [-0.2, -0.15) is 0 Å². The molecule has 0 rings (SSSR count). The Morgan fingerprint density at radius 1 is 0.952 bits per heavy atom. The standard InChI is InChI=1S/C19H34O2/c1-3-4-5-6-7-8-9-10-11-12-13-14-15-16-18(2)17-19(20)21/h7-8,10-11,18H,3-6,9,12-17H2,1-2H3,(H,20,21)/b8-7-,11-10-. The summed E-state index contributed by atoms with van der Waals surface area (Å²) in [5.41, 5.74) is 0. The highest BCUT2D eigenvalue weighted by Crippen LogP contribution is 2.13. The van der Waals surface area contributed by atoms with Crippen molar-refractivity contribution in [3.05, 3.63) is 24.3 Å². The molecule has 2 heteroatoms. The molecule has 0 fully saturated rings. The Hall–Kier alpha value is -1.05. The largest absolute Gasteiger partial charge is 0.481 e. The summed E-state index contributed by atoms with van der Waals surface area (Å²) in [5, 5.41) is 8.67. The first-order valence-corrected chi connectivity index (χ1v) is 8.68. The molecule has 1 N–H and O–H groups in total. The zero-order valence-corrected chi connectivity index (χ0v) is 14.0. The van der Waals surface area contributed by atoms with E-state index in [-0.39, 0.29) is 0 Å². The zero-order chi connectivity index (χ0) is 15.8. The predicted molar refractivity (Wildman–Crippen MR) is 91.5 cm³/mol. The Balaban J connectivity index is 3.30. The molecule has 1 atom stereocenters. The van der Waals surface area contributed by atoms with E-state index in [0.717, 1.165) is 25.7 Å². The molecule has 122 valence electrons. The topological polar surface area (TPSA) is 37.3 Å². The number of unbranched alkanes of at least 4 members (excludes halogenated alkanes) is 6. The van der Waals surface area contributed by atoms with Gasteiger partial charge in [0.25, 0.3) is 0 Å². The predicted octanol–water partition coefficient (Wildman–Crippen LogP) is 6.13. The van der Waals surface area contributed by atoms with Crippen LogP contribution < -0.4 is 0 Å². The lowest BCUT2D eigenvalue weighted by molar-refractivity contribution is -0.138. The first-order chi connectivity index (χ1) is 10.2. The number of aliphatic carboxylic acids is 1. The Kier molecular flexibility index (Phi) is 14.6. The minimum atomic E-state index is -0.673. The van der Waals surface area contributed by atoms with Gasteiger partial charge in [0.2, 0.25) is 0 Å². The van der Waals surface area contributed by atoms with Crippen LogP contribution in [0.4, 0.5) is 0 Å². The van der Waals surface area contributed by atoms with Crippen molar-refractivity contribution in [3.8, 4) is 0 Å². The maximum atomic E-state index is 10.5. The zero-order valence-electron chi connectivity index (χ0n) is 14.0. The molecular weight excluding hydrogens is 260 g/mol. The second-order valence-electron chi connectivity index (χ2n) is 6.02. The van der Waals surface area contributed by atoms with Crippen molar-refractivity contribution < 1.29 is 9.90 Å². The summed E-state index contributed by atoms with van der Waals surface area (Å²) in [6.45, 7) is 4.26. The van der Waals surface area contributed by atoms with E-state index in [9.17, 15) is 4.79 Å². The SMILES string of the molecule is CCCCC/C=C\C/C=C\CCCCCC(C)CC(=O)O. The highest BCUT2D eigenvalue weighted by molar-refractivity contribution is 5.66. The van der Waals surface area contributed by atoms with E-state index in [2.05, 4.69) is 31.2 Å². The van der Waals surface area contributed by atoms with Crippen LogP contribution in [0.15, 0.2) is 24.3 Å². The summed E-state index contributed by atoms with van der Waals surface area (Å²) in [6.07, 6.45) is 21.4. The van der Waals surface area contributed by atoms with Gasteiger partial charge in [0.05, 0.1) is 0 Å². The Morgan fingerprint density at radius 3 is 2.14 bits per heavy atom. The summed E-state index contributed by atoms with van der Waals surface area (Å²) in [7, 11) is 0. The average Bonchev–Trinajstić information content (AvgIpc) is 2.43. The van der Waals surface area contributed by atoms with Gasteiger partial charge in [-0.05, 0) is 38.0 Å². The number of hydrogen-bond donors (Lipinski definition) is 1. The molecule has 0 spiro atoms. The molecular formula is C19H34O2. The molecule has 0 aromatic heterocycles. The van der Waals surface area contributed by atoms with Crippen molar-refractivity contribution in [2.45, 2.75) is 84.5 Å². The van der Waals surface area contributed by atoms with Crippen molar-refractivity contribution in [1.29, 1.82) is 0 Å². The van der Waals surface area contributed by atoms with E-state index in [0.29, 0.717) is 12.3 Å². The van der Waals surface area contributed by atoms with Gasteiger partial charge in [-0.25, -0.2) is 0 Å². The molecule has 2 nitrogen and oxygen atoms in total. The van der Waals surface area contributed by atoms with Crippen LogP contribution in [0.3, 0.4) is 0 Å². The van der Waals surface area contributed by atoms with Crippen LogP contribution in [0.25, 0.3) is 0 Å². The van der Waals surface area contributed by atoms with Gasteiger partial charge in [-0.3, -0.25) is 4.79 Å². The van der Waals surface area contributed by atoms with E-state index >= 15 is 0 Å². The lowest BCUT2D eigenvalue weighted by Gasteiger charge is -2.07. The quantitative estimate of drug-likeness (QED) is 0.309. The van der Waals surface area contributed by atoms with Crippen molar-refractivity contribution >= 4 is 5.97 Å². The van der Waals surface area contributed by atoms with Gasteiger partial charge >= 0.3 is 5.97 Å². The fourth-order valence-corrected chi connectivity index (χ4v) is 2.35. The van der Waals surface area contributed by atoms with Gasteiger partial charge in [-0.15, -0.1) is 0 Å². The molecule has 0 amide bonds. The van der Waals surface area contributed by atoms with E-state index in [1.165, 1.54) is 38.5 Å². The van der Waals surface area contributed by atoms with Gasteiger partial charge in [-0.1, -0.05) is 70.3 Å². The Labute approximate surface area is 131 Å². The normalized spacial score (nSPS) is 13.2. The van der Waals surface area contributed by atoms with Crippen molar-refractivity contribution in [1.82, 2.24) is 0 Å². The van der Waals surface area contributed by atoms with Crippen LogP contribution in [-0.2, 0) is 4.79 Å². The number of carboxylic acid groups (broad SMARTS) is 1. The molecule has 0 aromatic carbocycles. The molecule has 0 heterocycles. The molecule has 0 radical (unpaired) electrons. The molecule has 0 saturated heterocycles. The minimum Gasteiger partial charge on any atom is -0.481 e. The van der Waals surface area contributed by atoms with E-state index in [1.54, 1.807) is 0 Å². The molecule has 0 saturated carbocycles. The molecule has 0 aliphatic heterocycles. The molecule has 1 unspecified atom stereocenters. The van der Waals surface area contributed by atoms with E-state index in [1.807, 2.05) is 6.92 Å². The highest BCUT2D eigenvalue weighted by atomic mass is 16.4. The fraction of sp³-hybridized carbons (Fsp3) is 0.737. The highest BCUT2D eigenvalue weighted by Gasteiger charge is 2.06. The molecule has 0 bridgehead atoms. The van der Waals surface area contributed by atoms with Gasteiger partial charge in [0.15, 0.2) is 0 Å². The Bertz CT molecular complexity index is 292. The van der Waals surface area contributed by atoms with Gasteiger partial charge in [0.1, 0.15) is 0 Å². The van der Waals surface area contributed by atoms with Crippen molar-refractivity contribution in [2.75, 3.05) is 0 Å². The van der Waals surface area contributed by atoms with Crippen LogP contribution in [-0.4, -0.2) is 11.1 Å². The maximum Gasteiger partial charge on any atom is 0.303 e. The fourth-order valence-electron chi connectivity index (χ4n) is 2.35. The van der Waals surface area contributed by atoms with Crippen LogP contribution in [0.2, 0.25) is 0 Å². The third-order valence-corrected chi connectivity index (χ3v) is 3.67. The molecule has 0 aromatic rings. The number of carbonyl (C=O) groups is 1. The second kappa shape index (κ2) is 15.3. The van der Waals surface area contributed by atoms with Crippen molar-refractivity contribution in [3.63, 3.8) is 0 Å². The first-order valence-electron chi connectivity index (χ1n) is 8.68. The van der Waals surface area contributed by atoms with Crippen molar-refractivity contribution in [2.24, 2.45) is 5.92 Å². The van der Waals surface area contributed by atoms with Crippen LogP contribution in [0, 0.1) is 5.92 Å². The van der Waals surface area contributed by atoms with Gasteiger partial charge < -0.3 is 5.11 Å². The lowest BCUT2D eigenvalue weighted by Crippen LogP contribution is -2.03. The van der Waals surface area contributed by atoms with Crippen LogP contribution in [0.1, 0.15) is 84.5 Å². The molecule has 0 aliphatic rings. The van der Waals surface area contributed by atoms with Crippen LogP contribution in [0.5, 0.6) is 0 Å². The van der Waals surface area contributed by atoms with Crippen LogP contribution >= 0.6 is 0 Å². The third-order valence-electron chi connectivity index (χ3n) is 3.67. The smallest absolute Gasteiger partial charge is 0.303 e. The first kappa shape index (κ1) is 19.9. The minimum absolute atomic E-state index is 0.310. The average molecular weight is 294 g/mol. The number of rotatable bonds is 14. The van der Waals surface area contributed by atoms with E-state index in [4.69, 9.17) is 5.11 Å². The lowest BCUT2D eigenvalue weighted by atomic mass is 9.99. The van der Waals surface area contributed by atoms with Gasteiger partial charge in [0, 0.05) is 6.42 Å². The summed E-state index contributed by atoms with van der Waals surface area (Å²) in [6, 6.07) is 0.